The first-order valence-corrected chi connectivity index (χ1v) is 8.74. The fraction of sp³-hybridized carbons (Fsp3) is 0.250. The minimum absolute atomic E-state index is 0.307. The van der Waals surface area contributed by atoms with Crippen molar-refractivity contribution in [2.24, 2.45) is 5.73 Å². The number of H-pyrrole nitrogens is 1. The Morgan fingerprint density at radius 1 is 1.42 bits per heavy atom. The van der Waals surface area contributed by atoms with E-state index in [0.717, 1.165) is 12.1 Å². The van der Waals surface area contributed by atoms with Crippen LogP contribution in [0.25, 0.3) is 11.3 Å². The molecule has 9 nitrogen and oxygen atoms in total. The summed E-state index contributed by atoms with van der Waals surface area (Å²) in [6, 6.07) is 3.29. The zero-order valence-electron chi connectivity index (χ0n) is 14.4. The van der Waals surface area contributed by atoms with E-state index < -0.39 is 5.91 Å². The maximum atomic E-state index is 12.3. The Bertz CT molecular complexity index is 925. The van der Waals surface area contributed by atoms with E-state index in [4.69, 9.17) is 5.73 Å². The van der Waals surface area contributed by atoms with E-state index in [1.165, 1.54) is 11.3 Å². The molecule has 4 N–H and O–H groups in total. The van der Waals surface area contributed by atoms with E-state index in [2.05, 4.69) is 20.4 Å². The molecule has 3 rings (SSSR count). The number of aromatic amines is 1. The van der Waals surface area contributed by atoms with Gasteiger partial charge in [-0.15, -0.1) is 11.3 Å². The molecule has 0 saturated heterocycles. The highest BCUT2D eigenvalue weighted by molar-refractivity contribution is 7.14. The zero-order valence-corrected chi connectivity index (χ0v) is 15.2. The number of carbonyl (C=O) groups is 2. The maximum Gasteiger partial charge on any atom is 0.277 e. The van der Waals surface area contributed by atoms with E-state index >= 15 is 0 Å². The summed E-state index contributed by atoms with van der Waals surface area (Å²) in [5, 5.41) is 9.25. The molecule has 3 aromatic rings. The first-order valence-electron chi connectivity index (χ1n) is 7.86. The number of primary amides is 1. The third-order valence-electron chi connectivity index (χ3n) is 3.62. The Hall–Kier alpha value is -2.98. The van der Waals surface area contributed by atoms with E-state index in [1.54, 1.807) is 34.6 Å². The Labute approximate surface area is 153 Å². The van der Waals surface area contributed by atoms with Crippen molar-refractivity contribution in [1.29, 1.82) is 0 Å². The molecule has 0 aliphatic heterocycles. The predicted molar refractivity (Wildman–Crippen MR) is 99.2 cm³/mol. The van der Waals surface area contributed by atoms with Crippen LogP contribution in [0.3, 0.4) is 0 Å². The number of amides is 2. The molecule has 3 aromatic heterocycles. The van der Waals surface area contributed by atoms with Crippen LogP contribution in [0, 0.1) is 0 Å². The van der Waals surface area contributed by atoms with Gasteiger partial charge in [-0.3, -0.25) is 19.6 Å². The Morgan fingerprint density at radius 3 is 2.92 bits per heavy atom. The van der Waals surface area contributed by atoms with Gasteiger partial charge in [-0.25, -0.2) is 4.98 Å². The van der Waals surface area contributed by atoms with Crippen molar-refractivity contribution >= 4 is 28.3 Å². The van der Waals surface area contributed by atoms with Crippen molar-refractivity contribution in [2.75, 3.05) is 26.0 Å². The molecule has 0 saturated carbocycles. The molecular weight excluding hydrogens is 354 g/mol. The number of hydrogen-bond acceptors (Lipinski definition) is 6. The van der Waals surface area contributed by atoms with Crippen LogP contribution in [0.1, 0.15) is 21.0 Å². The van der Waals surface area contributed by atoms with Gasteiger partial charge in [0.1, 0.15) is 5.69 Å². The Kier molecular flexibility index (Phi) is 5.14. The molecule has 0 radical (unpaired) electrons. The molecule has 3 heterocycles. The van der Waals surface area contributed by atoms with Gasteiger partial charge >= 0.3 is 0 Å². The third-order valence-corrected chi connectivity index (χ3v) is 4.38. The lowest BCUT2D eigenvalue weighted by atomic mass is 10.2. The molecular formula is C16H19N7O2S. The second-order valence-corrected chi connectivity index (χ2v) is 6.78. The van der Waals surface area contributed by atoms with Crippen molar-refractivity contribution in [3.63, 3.8) is 0 Å². The van der Waals surface area contributed by atoms with Crippen LogP contribution in [-0.2, 0) is 6.54 Å². The summed E-state index contributed by atoms with van der Waals surface area (Å²) >= 11 is 1.29. The summed E-state index contributed by atoms with van der Waals surface area (Å²) < 4.78 is 1.73. The average molecular weight is 373 g/mol. The smallest absolute Gasteiger partial charge is 0.277 e. The lowest BCUT2D eigenvalue weighted by Crippen LogP contribution is -2.19. The van der Waals surface area contributed by atoms with E-state index in [0.29, 0.717) is 28.8 Å². The normalized spacial score (nSPS) is 11.0. The van der Waals surface area contributed by atoms with Crippen LogP contribution in [0.15, 0.2) is 29.9 Å². The minimum atomic E-state index is -0.537. The number of anilines is 1. The molecule has 2 amide bonds. The summed E-state index contributed by atoms with van der Waals surface area (Å²) in [5.41, 5.74) is 7.23. The summed E-state index contributed by atoms with van der Waals surface area (Å²) in [4.78, 5) is 32.6. The quantitative estimate of drug-likeness (QED) is 0.575. The predicted octanol–water partition coefficient (Wildman–Crippen LogP) is 1.25. The fourth-order valence-electron chi connectivity index (χ4n) is 2.22. The van der Waals surface area contributed by atoms with Gasteiger partial charge < -0.3 is 15.6 Å². The fourth-order valence-corrected chi connectivity index (χ4v) is 2.93. The molecule has 26 heavy (non-hydrogen) atoms. The number of nitrogens with two attached hydrogens (primary N) is 1. The van der Waals surface area contributed by atoms with Crippen LogP contribution in [-0.4, -0.2) is 57.1 Å². The summed E-state index contributed by atoms with van der Waals surface area (Å²) in [5.74, 6) is -0.855. The van der Waals surface area contributed by atoms with E-state index in [9.17, 15) is 9.59 Å². The molecule has 0 atom stereocenters. The van der Waals surface area contributed by atoms with Crippen LogP contribution < -0.4 is 11.1 Å². The number of likely N-dealkylation sites (N-methyl/N-ethyl adjacent to an activating group) is 1. The molecule has 0 unspecified atom stereocenters. The van der Waals surface area contributed by atoms with Crippen LogP contribution >= 0.6 is 11.3 Å². The van der Waals surface area contributed by atoms with Crippen LogP contribution in [0.2, 0.25) is 0 Å². The number of nitrogens with one attached hydrogen (secondary N) is 2. The molecule has 136 valence electrons. The summed E-state index contributed by atoms with van der Waals surface area (Å²) in [6.07, 6.45) is 3.42. The van der Waals surface area contributed by atoms with E-state index in [1.807, 2.05) is 19.0 Å². The average Bonchev–Trinajstić information content (AvgIpc) is 3.32. The first kappa shape index (κ1) is 17.8. The number of nitrogens with zero attached hydrogens (tertiary/aromatic N) is 4. The third kappa shape index (κ3) is 4.16. The van der Waals surface area contributed by atoms with Crippen molar-refractivity contribution in [3.05, 3.63) is 41.3 Å². The second-order valence-electron chi connectivity index (χ2n) is 5.93. The van der Waals surface area contributed by atoms with Gasteiger partial charge in [-0.05, 0) is 26.2 Å². The SMILES string of the molecule is CN(C)CCn1ccc(C(=O)Nc2nc(-c3c[nH]c(C(N)=O)c3)cs2)n1. The first-order chi connectivity index (χ1) is 12.4. The van der Waals surface area contributed by atoms with E-state index in [-0.39, 0.29) is 5.91 Å². The second kappa shape index (κ2) is 7.50. The summed E-state index contributed by atoms with van der Waals surface area (Å²) in [6.45, 7) is 1.54. The van der Waals surface area contributed by atoms with Crippen molar-refractivity contribution < 1.29 is 9.59 Å². The number of thiazole rings is 1. The molecule has 0 aliphatic rings. The lowest BCUT2D eigenvalue weighted by molar-refractivity contribution is 0.0993. The number of hydrogen-bond donors (Lipinski definition) is 3. The van der Waals surface area contributed by atoms with Gasteiger partial charge in [-0.1, -0.05) is 0 Å². The number of rotatable bonds is 7. The van der Waals surface area contributed by atoms with Crippen molar-refractivity contribution in [2.45, 2.75) is 6.54 Å². The van der Waals surface area contributed by atoms with Gasteiger partial charge in [0.2, 0.25) is 0 Å². The van der Waals surface area contributed by atoms with Gasteiger partial charge in [0.15, 0.2) is 10.8 Å². The summed E-state index contributed by atoms with van der Waals surface area (Å²) in [7, 11) is 3.96. The highest BCUT2D eigenvalue weighted by atomic mass is 32.1. The van der Waals surface area contributed by atoms with Crippen molar-refractivity contribution in [1.82, 2.24) is 24.6 Å². The Balaban J connectivity index is 1.65. The molecule has 0 spiro atoms. The van der Waals surface area contributed by atoms with Crippen LogP contribution in [0.4, 0.5) is 5.13 Å². The molecule has 10 heteroatoms. The molecule has 0 fully saturated rings. The lowest BCUT2D eigenvalue weighted by Gasteiger charge is -2.08. The zero-order chi connectivity index (χ0) is 18.7. The van der Waals surface area contributed by atoms with Crippen molar-refractivity contribution in [3.8, 4) is 11.3 Å². The van der Waals surface area contributed by atoms with Crippen LogP contribution in [0.5, 0.6) is 0 Å². The number of aromatic nitrogens is 4. The minimum Gasteiger partial charge on any atom is -0.364 e. The Morgan fingerprint density at radius 2 is 2.23 bits per heavy atom. The highest BCUT2D eigenvalue weighted by Gasteiger charge is 2.14. The maximum absolute atomic E-state index is 12.3. The van der Waals surface area contributed by atoms with Gasteiger partial charge in [0, 0.05) is 29.9 Å². The van der Waals surface area contributed by atoms with Gasteiger partial charge in [-0.2, -0.15) is 5.10 Å². The highest BCUT2D eigenvalue weighted by Crippen LogP contribution is 2.25. The largest absolute Gasteiger partial charge is 0.364 e. The van der Waals surface area contributed by atoms with Gasteiger partial charge in [0.25, 0.3) is 11.8 Å². The standard InChI is InChI=1S/C16H19N7O2S/c1-22(2)5-6-23-4-3-11(21-23)15(25)20-16-19-13(9-26-16)10-7-12(14(17)24)18-8-10/h3-4,7-9,18H,5-6H2,1-2H3,(H2,17,24)(H,19,20,25). The molecule has 0 aliphatic carbocycles. The topological polar surface area (TPSA) is 122 Å². The monoisotopic (exact) mass is 373 g/mol. The van der Waals surface area contributed by atoms with Gasteiger partial charge in [0.05, 0.1) is 12.2 Å². The molecule has 0 aromatic carbocycles. The number of carbonyl (C=O) groups excluding carboxylic acids is 2. The molecule has 0 bridgehead atoms.